The number of hydrogen-bond acceptors (Lipinski definition) is 4. The molecule has 21 heavy (non-hydrogen) atoms. The van der Waals surface area contributed by atoms with Crippen molar-refractivity contribution in [2.75, 3.05) is 12.4 Å². The Kier molecular flexibility index (Phi) is 4.87. The Morgan fingerprint density at radius 3 is 2.76 bits per heavy atom. The second kappa shape index (κ2) is 6.64. The van der Waals surface area contributed by atoms with Crippen LogP contribution in [-0.2, 0) is 0 Å². The average Bonchev–Trinajstić information content (AvgIpc) is 2.47. The monoisotopic (exact) mass is 365 g/mol. The molecule has 2 aromatic rings. The minimum atomic E-state index is -0.385. The Morgan fingerprint density at radius 1 is 1.38 bits per heavy atom. The quantitative estimate of drug-likeness (QED) is 0.814. The third-order valence-electron chi connectivity index (χ3n) is 2.72. The standard InChI is InChI=1S/C14H12BrN3O2S/c1-20-10-6-2-4-8(13(16)21)11(10)18-14(19)12-9(15)5-3-7-17-12/h2-7H,1H3,(H2,16,21)(H,18,19). The largest absolute Gasteiger partial charge is 0.495 e. The number of ether oxygens (including phenoxy) is 1. The number of anilines is 1. The topological polar surface area (TPSA) is 77.2 Å². The first-order chi connectivity index (χ1) is 10.0. The highest BCUT2D eigenvalue weighted by Crippen LogP contribution is 2.29. The summed E-state index contributed by atoms with van der Waals surface area (Å²) >= 11 is 8.29. The summed E-state index contributed by atoms with van der Waals surface area (Å²) in [6.07, 6.45) is 1.54. The number of pyridine rings is 1. The lowest BCUT2D eigenvalue weighted by atomic mass is 10.1. The Morgan fingerprint density at radius 2 is 2.14 bits per heavy atom. The normalized spacial score (nSPS) is 10.0. The van der Waals surface area contributed by atoms with Crippen LogP contribution < -0.4 is 15.8 Å². The molecule has 0 radical (unpaired) electrons. The van der Waals surface area contributed by atoms with Gasteiger partial charge >= 0.3 is 0 Å². The third-order valence-corrected chi connectivity index (χ3v) is 3.58. The van der Waals surface area contributed by atoms with Crippen molar-refractivity contribution in [1.29, 1.82) is 0 Å². The average molecular weight is 366 g/mol. The van der Waals surface area contributed by atoms with E-state index in [0.29, 0.717) is 21.5 Å². The van der Waals surface area contributed by atoms with E-state index in [4.69, 9.17) is 22.7 Å². The maximum absolute atomic E-state index is 12.3. The molecule has 0 aliphatic heterocycles. The maximum Gasteiger partial charge on any atom is 0.275 e. The lowest BCUT2D eigenvalue weighted by Crippen LogP contribution is -2.19. The molecule has 0 unspecified atom stereocenters. The lowest BCUT2D eigenvalue weighted by molar-refractivity contribution is 0.102. The number of benzene rings is 1. The molecule has 0 saturated heterocycles. The summed E-state index contributed by atoms with van der Waals surface area (Å²) in [6.45, 7) is 0. The number of methoxy groups -OCH3 is 1. The molecule has 1 aromatic carbocycles. The molecule has 0 atom stereocenters. The number of hydrogen-bond donors (Lipinski definition) is 2. The summed E-state index contributed by atoms with van der Waals surface area (Å²) < 4.78 is 5.83. The van der Waals surface area contributed by atoms with Crippen molar-refractivity contribution in [3.63, 3.8) is 0 Å². The van der Waals surface area contributed by atoms with Crippen LogP contribution in [0.2, 0.25) is 0 Å². The van der Waals surface area contributed by atoms with Gasteiger partial charge in [-0.15, -0.1) is 0 Å². The van der Waals surface area contributed by atoms with E-state index in [0.717, 1.165) is 0 Å². The number of amides is 1. The molecule has 1 amide bonds. The third kappa shape index (κ3) is 3.37. The SMILES string of the molecule is COc1cccc(C(N)=S)c1NC(=O)c1ncccc1Br. The summed E-state index contributed by atoms with van der Waals surface area (Å²) in [6, 6.07) is 8.64. The maximum atomic E-state index is 12.3. The van der Waals surface area contributed by atoms with Crippen LogP contribution in [0.25, 0.3) is 0 Å². The van der Waals surface area contributed by atoms with Crippen molar-refractivity contribution in [3.8, 4) is 5.75 Å². The van der Waals surface area contributed by atoms with Gasteiger partial charge in [0.2, 0.25) is 0 Å². The Hall–Kier alpha value is -1.99. The molecule has 108 valence electrons. The summed E-state index contributed by atoms with van der Waals surface area (Å²) in [7, 11) is 1.50. The summed E-state index contributed by atoms with van der Waals surface area (Å²) in [4.78, 5) is 16.5. The van der Waals surface area contributed by atoms with Gasteiger partial charge in [0.1, 0.15) is 16.4 Å². The molecule has 0 spiro atoms. The fourth-order valence-electron chi connectivity index (χ4n) is 1.76. The van der Waals surface area contributed by atoms with Crippen molar-refractivity contribution < 1.29 is 9.53 Å². The van der Waals surface area contributed by atoms with E-state index >= 15 is 0 Å². The van der Waals surface area contributed by atoms with Crippen LogP contribution in [0, 0.1) is 0 Å². The van der Waals surface area contributed by atoms with Gasteiger partial charge in [0.25, 0.3) is 5.91 Å². The molecule has 3 N–H and O–H groups in total. The van der Waals surface area contributed by atoms with Gasteiger partial charge in [0.05, 0.1) is 12.8 Å². The van der Waals surface area contributed by atoms with Crippen LogP contribution in [0.1, 0.15) is 16.1 Å². The number of nitrogens with two attached hydrogens (primary N) is 1. The van der Waals surface area contributed by atoms with Gasteiger partial charge in [-0.25, -0.2) is 4.98 Å². The van der Waals surface area contributed by atoms with Gasteiger partial charge < -0.3 is 15.8 Å². The van der Waals surface area contributed by atoms with Crippen LogP contribution in [0.3, 0.4) is 0 Å². The number of aromatic nitrogens is 1. The van der Waals surface area contributed by atoms with Crippen molar-refractivity contribution in [1.82, 2.24) is 4.98 Å². The van der Waals surface area contributed by atoms with Gasteiger partial charge in [-0.3, -0.25) is 4.79 Å². The van der Waals surface area contributed by atoms with Crippen LogP contribution in [0.15, 0.2) is 41.0 Å². The first kappa shape index (κ1) is 15.4. The van der Waals surface area contributed by atoms with E-state index in [2.05, 4.69) is 26.2 Å². The van der Waals surface area contributed by atoms with Crippen molar-refractivity contribution in [3.05, 3.63) is 52.3 Å². The van der Waals surface area contributed by atoms with Gasteiger partial charge in [-0.2, -0.15) is 0 Å². The van der Waals surface area contributed by atoms with E-state index in [1.54, 1.807) is 30.3 Å². The molecular formula is C14H12BrN3O2S. The highest BCUT2D eigenvalue weighted by Gasteiger charge is 2.17. The van der Waals surface area contributed by atoms with Crippen molar-refractivity contribution in [2.24, 2.45) is 5.73 Å². The van der Waals surface area contributed by atoms with Gasteiger partial charge in [0.15, 0.2) is 0 Å². The number of nitrogens with one attached hydrogen (secondary N) is 1. The molecular weight excluding hydrogens is 354 g/mol. The number of nitrogens with zero attached hydrogens (tertiary/aromatic N) is 1. The molecule has 0 saturated carbocycles. The zero-order valence-corrected chi connectivity index (χ0v) is 13.5. The summed E-state index contributed by atoms with van der Waals surface area (Å²) in [5, 5.41) is 2.74. The Balaban J connectivity index is 2.41. The predicted octanol–water partition coefficient (Wildman–Crippen LogP) is 2.74. The van der Waals surface area contributed by atoms with Crippen molar-refractivity contribution >= 4 is 44.7 Å². The predicted molar refractivity (Wildman–Crippen MR) is 88.8 cm³/mol. The number of carbonyl (C=O) groups excluding carboxylic acids is 1. The molecule has 1 aromatic heterocycles. The molecule has 0 aliphatic rings. The minimum absolute atomic E-state index is 0.171. The number of rotatable bonds is 4. The van der Waals surface area contributed by atoms with E-state index in [1.807, 2.05) is 0 Å². The highest BCUT2D eigenvalue weighted by atomic mass is 79.9. The van der Waals surface area contributed by atoms with Crippen LogP contribution >= 0.6 is 28.1 Å². The first-order valence-corrected chi connectivity index (χ1v) is 7.13. The van der Waals surface area contributed by atoms with Crippen molar-refractivity contribution in [2.45, 2.75) is 0 Å². The van der Waals surface area contributed by atoms with Gasteiger partial charge in [-0.1, -0.05) is 18.3 Å². The van der Waals surface area contributed by atoms with E-state index < -0.39 is 0 Å². The molecule has 0 aliphatic carbocycles. The van der Waals surface area contributed by atoms with Gasteiger partial charge in [0, 0.05) is 16.2 Å². The summed E-state index contributed by atoms with van der Waals surface area (Å²) in [5.41, 5.74) is 6.90. The van der Waals surface area contributed by atoms with Crippen LogP contribution in [-0.4, -0.2) is 23.0 Å². The Labute approximate surface area is 135 Å². The number of carbonyl (C=O) groups is 1. The smallest absolute Gasteiger partial charge is 0.275 e. The number of halogens is 1. The number of thiocarbonyl (C=S) groups is 1. The highest BCUT2D eigenvalue weighted by molar-refractivity contribution is 9.10. The first-order valence-electron chi connectivity index (χ1n) is 5.93. The fourth-order valence-corrected chi connectivity index (χ4v) is 2.37. The van der Waals surface area contributed by atoms with E-state index in [-0.39, 0.29) is 16.6 Å². The van der Waals surface area contributed by atoms with E-state index in [1.165, 1.54) is 13.3 Å². The van der Waals surface area contributed by atoms with Crippen LogP contribution in [0.4, 0.5) is 5.69 Å². The molecule has 7 heteroatoms. The van der Waals surface area contributed by atoms with Gasteiger partial charge in [-0.05, 0) is 40.2 Å². The zero-order valence-electron chi connectivity index (χ0n) is 11.1. The molecule has 0 bridgehead atoms. The van der Waals surface area contributed by atoms with E-state index in [9.17, 15) is 4.79 Å². The molecule has 2 rings (SSSR count). The molecule has 1 heterocycles. The second-order valence-corrected chi connectivity index (χ2v) is 5.33. The number of para-hydroxylation sites is 1. The lowest BCUT2D eigenvalue weighted by Gasteiger charge is -2.14. The zero-order chi connectivity index (χ0) is 15.4. The van der Waals surface area contributed by atoms with Crippen LogP contribution in [0.5, 0.6) is 5.75 Å². The fraction of sp³-hybridized carbons (Fsp3) is 0.0714. The second-order valence-electron chi connectivity index (χ2n) is 4.04. The minimum Gasteiger partial charge on any atom is -0.495 e. The Bertz CT molecular complexity index is 706. The molecule has 0 fully saturated rings. The summed E-state index contributed by atoms with van der Waals surface area (Å²) in [5.74, 6) is 0.0881. The molecule has 5 nitrogen and oxygen atoms in total.